The zero-order valence-corrected chi connectivity index (χ0v) is 16.2. The van der Waals surface area contributed by atoms with Crippen molar-refractivity contribution >= 4 is 11.9 Å². The molecule has 7 heteroatoms. The Hall–Kier alpha value is -1.34. The summed E-state index contributed by atoms with van der Waals surface area (Å²) >= 11 is 0. The number of amides is 1. The Kier molecular flexibility index (Phi) is 7.14. The average Bonchev–Trinajstić information content (AvgIpc) is 2.61. The van der Waals surface area contributed by atoms with Gasteiger partial charge in [0.05, 0.1) is 12.6 Å². The van der Waals surface area contributed by atoms with Crippen molar-refractivity contribution in [1.82, 2.24) is 20.0 Å². The fourth-order valence-electron chi connectivity index (χ4n) is 3.91. The van der Waals surface area contributed by atoms with Gasteiger partial charge in [-0.05, 0) is 32.6 Å². The van der Waals surface area contributed by atoms with Gasteiger partial charge in [-0.25, -0.2) is 0 Å². The molecule has 0 spiro atoms. The number of hydrogen-bond acceptors (Lipinski definition) is 4. The van der Waals surface area contributed by atoms with E-state index in [-0.39, 0.29) is 6.10 Å². The molecule has 0 aromatic carbocycles. The molecule has 0 aromatic rings. The second-order valence-corrected chi connectivity index (χ2v) is 7.75. The van der Waals surface area contributed by atoms with Crippen LogP contribution in [-0.4, -0.2) is 96.7 Å². The number of rotatable bonds is 5. The lowest BCUT2D eigenvalue weighted by Gasteiger charge is -2.38. The fraction of sp³-hybridized carbons (Fsp3) is 0.895. The number of aliphatic hydroxyl groups is 1. The highest BCUT2D eigenvalue weighted by Crippen LogP contribution is 2.28. The molecule has 2 saturated heterocycles. The average molecular weight is 366 g/mol. The van der Waals surface area contributed by atoms with Gasteiger partial charge in [0, 0.05) is 58.3 Å². The van der Waals surface area contributed by atoms with Crippen molar-refractivity contribution in [2.24, 2.45) is 10.9 Å². The van der Waals surface area contributed by atoms with Crippen LogP contribution in [0.3, 0.4) is 0 Å². The van der Waals surface area contributed by atoms with E-state index in [4.69, 9.17) is 4.99 Å². The first kappa shape index (κ1) is 19.4. The number of hydrogen-bond donors (Lipinski definition) is 2. The number of carbonyl (C=O) groups is 1. The molecular weight excluding hydrogens is 330 g/mol. The summed E-state index contributed by atoms with van der Waals surface area (Å²) in [5.74, 6) is 1.67. The van der Waals surface area contributed by atoms with Gasteiger partial charge in [-0.15, -0.1) is 0 Å². The summed E-state index contributed by atoms with van der Waals surface area (Å²) in [6.07, 6.45) is 4.89. The lowest BCUT2D eigenvalue weighted by molar-refractivity contribution is -0.139. The Balaban J connectivity index is 1.40. The molecule has 148 valence electrons. The van der Waals surface area contributed by atoms with E-state index in [2.05, 4.69) is 26.9 Å². The van der Waals surface area contributed by atoms with E-state index in [1.165, 1.54) is 6.42 Å². The number of nitrogens with zero attached hydrogens (tertiary/aromatic N) is 4. The number of piperazine rings is 1. The van der Waals surface area contributed by atoms with Crippen LogP contribution in [0.5, 0.6) is 0 Å². The Labute approximate surface area is 157 Å². The Morgan fingerprint density at radius 1 is 1.04 bits per heavy atom. The van der Waals surface area contributed by atoms with Crippen LogP contribution < -0.4 is 5.32 Å². The molecule has 0 bridgehead atoms. The maximum atomic E-state index is 12.3. The first-order valence-corrected chi connectivity index (χ1v) is 10.4. The number of carbonyl (C=O) groups excluding carboxylic acids is 1. The topological polar surface area (TPSA) is 71.4 Å². The quantitative estimate of drug-likeness (QED) is 0.544. The van der Waals surface area contributed by atoms with E-state index >= 15 is 0 Å². The lowest BCUT2D eigenvalue weighted by atomic mass is 9.84. The highest BCUT2D eigenvalue weighted by Gasteiger charge is 2.31. The predicted octanol–water partition coefficient (Wildman–Crippen LogP) is 0.353. The minimum absolute atomic E-state index is 0.159. The van der Waals surface area contributed by atoms with Crippen LogP contribution >= 0.6 is 0 Å². The van der Waals surface area contributed by atoms with Crippen LogP contribution in [0.2, 0.25) is 0 Å². The molecule has 7 nitrogen and oxygen atoms in total. The van der Waals surface area contributed by atoms with Crippen LogP contribution in [-0.2, 0) is 4.79 Å². The van der Waals surface area contributed by atoms with Gasteiger partial charge in [-0.1, -0.05) is 6.42 Å². The molecule has 0 aromatic heterocycles. The van der Waals surface area contributed by atoms with Gasteiger partial charge in [0.25, 0.3) is 0 Å². The van der Waals surface area contributed by atoms with Gasteiger partial charge in [0.15, 0.2) is 5.96 Å². The molecule has 0 radical (unpaired) electrons. The van der Waals surface area contributed by atoms with E-state index in [0.717, 1.165) is 90.5 Å². The summed E-state index contributed by atoms with van der Waals surface area (Å²) in [4.78, 5) is 23.8. The molecule has 3 fully saturated rings. The van der Waals surface area contributed by atoms with E-state index in [1.54, 1.807) is 0 Å². The highest BCUT2D eigenvalue weighted by atomic mass is 16.3. The largest absolute Gasteiger partial charge is 0.393 e. The zero-order chi connectivity index (χ0) is 18.4. The number of aliphatic hydroxyl groups excluding tert-OH is 1. The summed E-state index contributed by atoms with van der Waals surface area (Å²) in [6, 6.07) is 0. The summed E-state index contributed by atoms with van der Waals surface area (Å²) in [7, 11) is 0. The fourth-order valence-corrected chi connectivity index (χ4v) is 3.91. The summed E-state index contributed by atoms with van der Waals surface area (Å²) < 4.78 is 0. The Morgan fingerprint density at radius 2 is 1.73 bits per heavy atom. The predicted molar refractivity (Wildman–Crippen MR) is 103 cm³/mol. The molecule has 0 atom stereocenters. The molecule has 1 aliphatic carbocycles. The van der Waals surface area contributed by atoms with Gasteiger partial charge < -0.3 is 20.2 Å². The molecule has 3 aliphatic rings. The van der Waals surface area contributed by atoms with Gasteiger partial charge in [-0.2, -0.15) is 0 Å². The van der Waals surface area contributed by atoms with Gasteiger partial charge in [0.2, 0.25) is 5.91 Å². The normalized spacial score (nSPS) is 23.8. The van der Waals surface area contributed by atoms with E-state index in [9.17, 15) is 9.90 Å². The van der Waals surface area contributed by atoms with Crippen LogP contribution in [0.15, 0.2) is 4.99 Å². The number of guanidine groups is 1. The number of aliphatic imine (C=N–C) groups is 1. The van der Waals surface area contributed by atoms with Crippen LogP contribution in [0, 0.1) is 5.92 Å². The standard InChI is InChI=1S/C19H35N5O2/c1-2-20-19(24-9-6-17(25)7-10-24)21-8-11-22-12-14-23(15-13-22)18(26)16-4-3-5-16/h16-17,25H,2-15H2,1H3,(H,20,21). The lowest BCUT2D eigenvalue weighted by Crippen LogP contribution is -2.51. The van der Waals surface area contributed by atoms with Crippen LogP contribution in [0.25, 0.3) is 0 Å². The Bertz CT molecular complexity index is 478. The maximum absolute atomic E-state index is 12.3. The first-order valence-electron chi connectivity index (χ1n) is 10.4. The molecule has 3 rings (SSSR count). The third-order valence-corrected chi connectivity index (χ3v) is 5.92. The second kappa shape index (κ2) is 9.55. The van der Waals surface area contributed by atoms with Crippen molar-refractivity contribution in [3.63, 3.8) is 0 Å². The number of likely N-dealkylation sites (tertiary alicyclic amines) is 1. The smallest absolute Gasteiger partial charge is 0.225 e. The summed E-state index contributed by atoms with van der Waals surface area (Å²) in [5.41, 5.74) is 0. The van der Waals surface area contributed by atoms with Crippen LogP contribution in [0.1, 0.15) is 39.0 Å². The molecule has 2 aliphatic heterocycles. The molecule has 2 heterocycles. The molecule has 26 heavy (non-hydrogen) atoms. The van der Waals surface area contributed by atoms with E-state index < -0.39 is 0 Å². The minimum Gasteiger partial charge on any atom is -0.393 e. The first-order chi connectivity index (χ1) is 12.7. The summed E-state index contributed by atoms with van der Waals surface area (Å²) in [6.45, 7) is 10.1. The number of piperidine rings is 1. The van der Waals surface area contributed by atoms with Crippen molar-refractivity contribution in [3.05, 3.63) is 0 Å². The van der Waals surface area contributed by atoms with Crippen molar-refractivity contribution in [2.75, 3.05) is 58.9 Å². The second-order valence-electron chi connectivity index (χ2n) is 7.75. The monoisotopic (exact) mass is 365 g/mol. The molecular formula is C19H35N5O2. The molecule has 2 N–H and O–H groups in total. The van der Waals surface area contributed by atoms with Crippen molar-refractivity contribution in [2.45, 2.75) is 45.1 Å². The van der Waals surface area contributed by atoms with Crippen molar-refractivity contribution < 1.29 is 9.90 Å². The van der Waals surface area contributed by atoms with Gasteiger partial charge >= 0.3 is 0 Å². The molecule has 1 amide bonds. The summed E-state index contributed by atoms with van der Waals surface area (Å²) in [5, 5.41) is 13.1. The number of nitrogens with one attached hydrogen (secondary N) is 1. The minimum atomic E-state index is -0.159. The van der Waals surface area contributed by atoms with Crippen LogP contribution in [0.4, 0.5) is 0 Å². The van der Waals surface area contributed by atoms with Gasteiger partial charge in [0.1, 0.15) is 0 Å². The van der Waals surface area contributed by atoms with Gasteiger partial charge in [-0.3, -0.25) is 14.7 Å². The molecule has 0 unspecified atom stereocenters. The Morgan fingerprint density at radius 3 is 2.31 bits per heavy atom. The van der Waals surface area contributed by atoms with E-state index in [1.807, 2.05) is 0 Å². The third kappa shape index (κ3) is 5.10. The van der Waals surface area contributed by atoms with Crippen molar-refractivity contribution in [3.8, 4) is 0 Å². The molecule has 1 saturated carbocycles. The maximum Gasteiger partial charge on any atom is 0.225 e. The highest BCUT2D eigenvalue weighted by molar-refractivity contribution is 5.80. The van der Waals surface area contributed by atoms with Crippen molar-refractivity contribution in [1.29, 1.82) is 0 Å². The SMILES string of the molecule is CCNC(=NCCN1CCN(C(=O)C2CCC2)CC1)N1CCC(O)CC1. The third-order valence-electron chi connectivity index (χ3n) is 5.92. The zero-order valence-electron chi connectivity index (χ0n) is 16.2. The van der Waals surface area contributed by atoms with E-state index in [0.29, 0.717) is 11.8 Å².